The third kappa shape index (κ3) is 3.78. The molecule has 0 radical (unpaired) electrons. The molecule has 2 fully saturated rings. The van der Waals surface area contributed by atoms with Crippen molar-refractivity contribution in [3.63, 3.8) is 0 Å². The predicted molar refractivity (Wildman–Crippen MR) is 106 cm³/mol. The Balaban J connectivity index is 1.25. The number of rotatable bonds is 5. The van der Waals surface area contributed by atoms with E-state index in [2.05, 4.69) is 31.1 Å². The quantitative estimate of drug-likeness (QED) is 0.744. The van der Waals surface area contributed by atoms with Crippen LogP contribution in [-0.2, 0) is 0 Å². The molecule has 0 unspecified atom stereocenters. The highest BCUT2D eigenvalue weighted by molar-refractivity contribution is 5.60. The molecule has 1 aliphatic heterocycles. The van der Waals surface area contributed by atoms with Crippen molar-refractivity contribution in [2.75, 3.05) is 19.6 Å². The summed E-state index contributed by atoms with van der Waals surface area (Å²) < 4.78 is 0. The molecule has 3 heterocycles. The molecule has 2 aromatic heterocycles. The molecule has 2 aliphatic rings. The predicted octanol–water partition coefficient (Wildman–Crippen LogP) is 4.12. The number of aromatic amines is 1. The van der Waals surface area contributed by atoms with Gasteiger partial charge in [-0.1, -0.05) is 30.3 Å². The van der Waals surface area contributed by atoms with Crippen LogP contribution in [0, 0.1) is 5.92 Å². The monoisotopic (exact) mass is 359 g/mol. The Labute approximate surface area is 159 Å². The summed E-state index contributed by atoms with van der Waals surface area (Å²) >= 11 is 0. The van der Waals surface area contributed by atoms with Crippen molar-refractivity contribution in [1.82, 2.24) is 25.1 Å². The number of aromatic nitrogens is 4. The van der Waals surface area contributed by atoms with Gasteiger partial charge in [0.05, 0.1) is 5.69 Å². The average molecular weight is 359 g/mol. The van der Waals surface area contributed by atoms with Gasteiger partial charge in [0.15, 0.2) is 5.82 Å². The lowest BCUT2D eigenvalue weighted by Crippen LogP contribution is -2.34. The number of H-pyrrole nitrogens is 1. The van der Waals surface area contributed by atoms with Gasteiger partial charge in [-0.15, -0.1) is 0 Å². The van der Waals surface area contributed by atoms with Crippen LogP contribution >= 0.6 is 0 Å². The molecule has 5 nitrogen and oxygen atoms in total. The molecule has 5 rings (SSSR count). The van der Waals surface area contributed by atoms with E-state index in [0.29, 0.717) is 5.92 Å². The molecule has 0 bridgehead atoms. The Hall–Kier alpha value is -2.53. The van der Waals surface area contributed by atoms with Gasteiger partial charge in [0.25, 0.3) is 0 Å². The second kappa shape index (κ2) is 7.24. The maximum Gasteiger partial charge on any atom is 0.159 e. The SMILES string of the molecule is c1ccc(-c2ncc(-c3cc(C4CCN(CC5CC5)CC4)[nH]n3)cn2)cc1. The van der Waals surface area contributed by atoms with E-state index >= 15 is 0 Å². The molecule has 1 aromatic carbocycles. The van der Waals surface area contributed by atoms with Gasteiger partial charge in [-0.2, -0.15) is 5.10 Å². The molecule has 1 saturated carbocycles. The lowest BCUT2D eigenvalue weighted by molar-refractivity contribution is 0.203. The van der Waals surface area contributed by atoms with Crippen LogP contribution in [0.1, 0.15) is 37.3 Å². The molecule has 27 heavy (non-hydrogen) atoms. The first kappa shape index (κ1) is 16.6. The summed E-state index contributed by atoms with van der Waals surface area (Å²) in [5, 5.41) is 7.79. The summed E-state index contributed by atoms with van der Waals surface area (Å²) in [6.45, 7) is 3.74. The number of hydrogen-bond acceptors (Lipinski definition) is 4. The van der Waals surface area contributed by atoms with Gasteiger partial charge in [-0.05, 0) is 50.8 Å². The summed E-state index contributed by atoms with van der Waals surface area (Å²) in [5.74, 6) is 2.32. The van der Waals surface area contributed by atoms with E-state index in [1.54, 1.807) is 0 Å². The van der Waals surface area contributed by atoms with E-state index in [1.807, 2.05) is 42.7 Å². The highest BCUT2D eigenvalue weighted by Crippen LogP contribution is 2.33. The van der Waals surface area contributed by atoms with E-state index in [1.165, 1.54) is 51.0 Å². The minimum absolute atomic E-state index is 0.589. The number of benzene rings is 1. The lowest BCUT2D eigenvalue weighted by atomic mass is 9.93. The topological polar surface area (TPSA) is 57.7 Å². The van der Waals surface area contributed by atoms with Gasteiger partial charge in [-0.3, -0.25) is 5.10 Å². The third-order valence-electron chi connectivity index (χ3n) is 5.82. The number of nitrogens with zero attached hydrogens (tertiary/aromatic N) is 4. The van der Waals surface area contributed by atoms with Crippen LogP contribution in [0.3, 0.4) is 0 Å². The summed E-state index contributed by atoms with van der Waals surface area (Å²) in [4.78, 5) is 11.7. The molecule has 1 N–H and O–H groups in total. The summed E-state index contributed by atoms with van der Waals surface area (Å²) in [7, 11) is 0. The molecule has 1 aliphatic carbocycles. The van der Waals surface area contributed by atoms with Crippen LogP contribution in [0.15, 0.2) is 48.8 Å². The normalized spacial score (nSPS) is 18.7. The summed E-state index contributed by atoms with van der Waals surface area (Å²) in [6.07, 6.45) is 9.06. The number of nitrogens with one attached hydrogen (secondary N) is 1. The van der Waals surface area contributed by atoms with E-state index in [4.69, 9.17) is 0 Å². The van der Waals surface area contributed by atoms with Gasteiger partial charge in [-0.25, -0.2) is 9.97 Å². The first-order valence-corrected chi connectivity index (χ1v) is 10.0. The Bertz CT molecular complexity index is 875. The smallest absolute Gasteiger partial charge is 0.159 e. The van der Waals surface area contributed by atoms with E-state index in [-0.39, 0.29) is 0 Å². The Morgan fingerprint density at radius 1 is 0.926 bits per heavy atom. The molecule has 5 heteroatoms. The van der Waals surface area contributed by atoms with Crippen LogP contribution in [0.25, 0.3) is 22.6 Å². The Morgan fingerprint density at radius 3 is 2.37 bits per heavy atom. The van der Waals surface area contributed by atoms with Crippen LogP contribution in [0.2, 0.25) is 0 Å². The van der Waals surface area contributed by atoms with Gasteiger partial charge < -0.3 is 4.90 Å². The van der Waals surface area contributed by atoms with E-state index in [9.17, 15) is 0 Å². The van der Waals surface area contributed by atoms with Crippen LogP contribution < -0.4 is 0 Å². The standard InChI is InChI=1S/C22H25N5/c1-2-4-18(5-3-1)22-23-13-19(14-24-22)21-12-20(25-26-21)17-8-10-27(11-9-17)15-16-6-7-16/h1-5,12-14,16-17H,6-11,15H2,(H,25,26). The fourth-order valence-corrected chi connectivity index (χ4v) is 3.98. The maximum atomic E-state index is 4.52. The molecule has 0 atom stereocenters. The molecule has 0 amide bonds. The van der Waals surface area contributed by atoms with Crippen molar-refractivity contribution < 1.29 is 0 Å². The van der Waals surface area contributed by atoms with Crippen molar-refractivity contribution in [2.24, 2.45) is 5.92 Å². The zero-order valence-corrected chi connectivity index (χ0v) is 15.5. The van der Waals surface area contributed by atoms with Crippen molar-refractivity contribution in [1.29, 1.82) is 0 Å². The summed E-state index contributed by atoms with van der Waals surface area (Å²) in [5.41, 5.74) is 4.18. The highest BCUT2D eigenvalue weighted by Gasteiger charge is 2.28. The van der Waals surface area contributed by atoms with Crippen molar-refractivity contribution in [3.8, 4) is 22.6 Å². The number of likely N-dealkylation sites (tertiary alicyclic amines) is 1. The number of piperidine rings is 1. The van der Waals surface area contributed by atoms with Crippen molar-refractivity contribution in [2.45, 2.75) is 31.6 Å². The second-order valence-electron chi connectivity index (χ2n) is 7.89. The Kier molecular flexibility index (Phi) is 4.46. The average Bonchev–Trinajstić information content (AvgIpc) is 3.41. The Morgan fingerprint density at radius 2 is 1.67 bits per heavy atom. The van der Waals surface area contributed by atoms with Gasteiger partial charge in [0, 0.05) is 41.7 Å². The van der Waals surface area contributed by atoms with Crippen LogP contribution in [0.5, 0.6) is 0 Å². The van der Waals surface area contributed by atoms with E-state index in [0.717, 1.165) is 28.6 Å². The first-order valence-electron chi connectivity index (χ1n) is 10.0. The minimum Gasteiger partial charge on any atom is -0.303 e. The fourth-order valence-electron chi connectivity index (χ4n) is 3.98. The zero-order chi connectivity index (χ0) is 18.1. The van der Waals surface area contributed by atoms with E-state index < -0.39 is 0 Å². The largest absolute Gasteiger partial charge is 0.303 e. The molecular formula is C22H25N5. The van der Waals surface area contributed by atoms with Gasteiger partial charge in [0.2, 0.25) is 0 Å². The van der Waals surface area contributed by atoms with Gasteiger partial charge in [0.1, 0.15) is 0 Å². The van der Waals surface area contributed by atoms with Crippen LogP contribution in [0.4, 0.5) is 0 Å². The van der Waals surface area contributed by atoms with Crippen molar-refractivity contribution in [3.05, 3.63) is 54.5 Å². The fraction of sp³-hybridized carbons (Fsp3) is 0.409. The molecule has 0 spiro atoms. The zero-order valence-electron chi connectivity index (χ0n) is 15.5. The maximum absolute atomic E-state index is 4.52. The number of hydrogen-bond donors (Lipinski definition) is 1. The lowest BCUT2D eigenvalue weighted by Gasteiger charge is -2.31. The molecule has 3 aromatic rings. The first-order chi connectivity index (χ1) is 13.3. The molecule has 1 saturated heterocycles. The molecule has 138 valence electrons. The summed E-state index contributed by atoms with van der Waals surface area (Å²) in [6, 6.07) is 12.2. The minimum atomic E-state index is 0.589. The van der Waals surface area contributed by atoms with Crippen LogP contribution in [-0.4, -0.2) is 44.7 Å². The van der Waals surface area contributed by atoms with Gasteiger partial charge >= 0.3 is 0 Å². The second-order valence-corrected chi connectivity index (χ2v) is 7.89. The molecular weight excluding hydrogens is 334 g/mol. The highest BCUT2D eigenvalue weighted by atomic mass is 15.1. The third-order valence-corrected chi connectivity index (χ3v) is 5.82. The van der Waals surface area contributed by atoms with Crippen molar-refractivity contribution >= 4 is 0 Å².